The van der Waals surface area contributed by atoms with Crippen LogP contribution in [0.3, 0.4) is 0 Å². The Hall–Kier alpha value is -2.53. The number of rotatable bonds is 3. The largest absolute Gasteiger partial charge is 0.458 e. The average molecular weight is 426 g/mol. The van der Waals surface area contributed by atoms with Crippen LogP contribution in [0.5, 0.6) is 0 Å². The summed E-state index contributed by atoms with van der Waals surface area (Å²) < 4.78 is 19.0. The van der Waals surface area contributed by atoms with Crippen LogP contribution in [0.25, 0.3) is 17.2 Å². The van der Waals surface area contributed by atoms with Gasteiger partial charge in [0.2, 0.25) is 0 Å². The van der Waals surface area contributed by atoms with Crippen molar-refractivity contribution in [3.8, 4) is 11.1 Å². The second kappa shape index (κ2) is 8.54. The van der Waals surface area contributed by atoms with E-state index in [4.69, 9.17) is 9.72 Å². The summed E-state index contributed by atoms with van der Waals surface area (Å²) in [4.78, 5) is 16.8. The highest BCUT2D eigenvalue weighted by Crippen LogP contribution is 2.37. The monoisotopic (exact) mass is 425 g/mol. The quantitative estimate of drug-likeness (QED) is 0.654. The Morgan fingerprint density at radius 1 is 1.10 bits per heavy atom. The fourth-order valence-electron chi connectivity index (χ4n) is 3.68. The summed E-state index contributed by atoms with van der Waals surface area (Å²) in [6.07, 6.45) is 2.95. The SMILES string of the molecule is CC(C)(C)c1cc(-c2ccc(F)cc2)c(/C=C/[C@@H]2C[C@@H](O)CC(=O)O2)c(C(C)(C)C)n1. The van der Waals surface area contributed by atoms with Crippen molar-refractivity contribution < 1.29 is 19.0 Å². The molecule has 0 spiro atoms. The molecule has 1 fully saturated rings. The lowest BCUT2D eigenvalue weighted by Gasteiger charge is -2.28. The molecule has 1 N–H and O–H groups in total. The number of aromatic nitrogens is 1. The molecule has 166 valence electrons. The number of carbonyl (C=O) groups is 1. The van der Waals surface area contributed by atoms with Crippen LogP contribution in [-0.2, 0) is 20.4 Å². The smallest absolute Gasteiger partial charge is 0.309 e. The van der Waals surface area contributed by atoms with Gasteiger partial charge in [0.15, 0.2) is 0 Å². The van der Waals surface area contributed by atoms with Gasteiger partial charge in [0.25, 0.3) is 0 Å². The summed E-state index contributed by atoms with van der Waals surface area (Å²) in [5.74, 6) is -0.686. The molecule has 5 heteroatoms. The van der Waals surface area contributed by atoms with Crippen LogP contribution in [0, 0.1) is 5.82 Å². The van der Waals surface area contributed by atoms with E-state index in [0.29, 0.717) is 6.42 Å². The van der Waals surface area contributed by atoms with Crippen LogP contribution < -0.4 is 0 Å². The highest BCUT2D eigenvalue weighted by Gasteiger charge is 2.28. The summed E-state index contributed by atoms with van der Waals surface area (Å²) in [5.41, 5.74) is 4.19. The number of esters is 1. The number of halogens is 1. The summed E-state index contributed by atoms with van der Waals surface area (Å²) in [7, 11) is 0. The average Bonchev–Trinajstić information content (AvgIpc) is 2.64. The minimum Gasteiger partial charge on any atom is -0.458 e. The van der Waals surface area contributed by atoms with Crippen LogP contribution in [0.15, 0.2) is 36.4 Å². The Kier molecular flexibility index (Phi) is 6.38. The van der Waals surface area contributed by atoms with E-state index >= 15 is 0 Å². The fraction of sp³-hybridized carbons (Fsp3) is 0.462. The summed E-state index contributed by atoms with van der Waals surface area (Å²) in [5, 5.41) is 9.93. The molecule has 0 bridgehead atoms. The molecule has 3 rings (SSSR count). The van der Waals surface area contributed by atoms with Crippen molar-refractivity contribution in [3.63, 3.8) is 0 Å². The van der Waals surface area contributed by atoms with Crippen LogP contribution in [0.4, 0.5) is 4.39 Å². The van der Waals surface area contributed by atoms with Gasteiger partial charge in [-0.25, -0.2) is 4.39 Å². The number of carbonyl (C=O) groups excluding carboxylic acids is 1. The van der Waals surface area contributed by atoms with Crippen LogP contribution in [-0.4, -0.2) is 28.3 Å². The second-order valence-corrected chi connectivity index (χ2v) is 10.3. The lowest BCUT2D eigenvalue weighted by atomic mass is 9.82. The molecule has 1 aliphatic rings. The minimum atomic E-state index is -0.698. The number of cyclic esters (lactones) is 1. The molecule has 0 saturated carbocycles. The van der Waals surface area contributed by atoms with Crippen molar-refractivity contribution in [3.05, 3.63) is 59.2 Å². The highest BCUT2D eigenvalue weighted by atomic mass is 19.1. The first-order chi connectivity index (χ1) is 14.3. The van der Waals surface area contributed by atoms with Crippen LogP contribution >= 0.6 is 0 Å². The van der Waals surface area contributed by atoms with Crippen LogP contribution in [0.2, 0.25) is 0 Å². The maximum atomic E-state index is 13.6. The van der Waals surface area contributed by atoms with Gasteiger partial charge in [-0.3, -0.25) is 9.78 Å². The Morgan fingerprint density at radius 3 is 2.29 bits per heavy atom. The topological polar surface area (TPSA) is 59.4 Å². The zero-order valence-electron chi connectivity index (χ0n) is 19.2. The van der Waals surface area contributed by atoms with Crippen molar-refractivity contribution in [1.29, 1.82) is 0 Å². The number of benzene rings is 1. The molecular formula is C26H32FNO3. The molecule has 31 heavy (non-hydrogen) atoms. The van der Waals surface area contributed by atoms with Gasteiger partial charge in [-0.05, 0) is 35.4 Å². The number of hydrogen-bond donors (Lipinski definition) is 1. The molecule has 2 atom stereocenters. The molecule has 0 amide bonds. The highest BCUT2D eigenvalue weighted by molar-refractivity contribution is 5.78. The Labute approximate surface area is 184 Å². The van der Waals surface area contributed by atoms with Crippen molar-refractivity contribution in [1.82, 2.24) is 4.98 Å². The first-order valence-electron chi connectivity index (χ1n) is 10.7. The van der Waals surface area contributed by atoms with E-state index in [0.717, 1.165) is 28.1 Å². The van der Waals surface area contributed by atoms with Crippen molar-refractivity contribution in [2.45, 2.75) is 77.4 Å². The number of pyridine rings is 1. The number of nitrogens with zero attached hydrogens (tertiary/aromatic N) is 1. The third-order valence-corrected chi connectivity index (χ3v) is 5.36. The number of aliphatic hydroxyl groups is 1. The van der Waals surface area contributed by atoms with Gasteiger partial charge in [-0.2, -0.15) is 0 Å². The minimum absolute atomic E-state index is 0.0280. The number of aliphatic hydroxyl groups excluding tert-OH is 1. The molecule has 2 heterocycles. The van der Waals surface area contributed by atoms with E-state index in [1.54, 1.807) is 12.1 Å². The summed E-state index contributed by atoms with van der Waals surface area (Å²) >= 11 is 0. The van der Waals surface area contributed by atoms with Crippen molar-refractivity contribution in [2.75, 3.05) is 0 Å². The summed E-state index contributed by atoms with van der Waals surface area (Å²) in [6, 6.07) is 8.51. The molecule has 1 aromatic carbocycles. The molecule has 4 nitrogen and oxygen atoms in total. The second-order valence-electron chi connectivity index (χ2n) is 10.3. The zero-order valence-corrected chi connectivity index (χ0v) is 19.2. The Morgan fingerprint density at radius 2 is 1.74 bits per heavy atom. The van der Waals surface area contributed by atoms with Gasteiger partial charge in [-0.1, -0.05) is 59.8 Å². The first-order valence-corrected chi connectivity index (χ1v) is 10.7. The maximum absolute atomic E-state index is 13.6. The zero-order chi connectivity index (χ0) is 23.0. The molecule has 0 aliphatic carbocycles. The summed E-state index contributed by atoms with van der Waals surface area (Å²) in [6.45, 7) is 12.7. The number of hydrogen-bond acceptors (Lipinski definition) is 4. The first kappa shape index (κ1) is 23.1. The van der Waals surface area contributed by atoms with Crippen LogP contribution in [0.1, 0.15) is 71.3 Å². The molecule has 2 aromatic rings. The normalized spacial score (nSPS) is 20.2. The lowest BCUT2D eigenvalue weighted by Crippen LogP contribution is -2.31. The van der Waals surface area contributed by atoms with Crippen molar-refractivity contribution >= 4 is 12.0 Å². The molecule has 0 unspecified atom stereocenters. The third kappa shape index (κ3) is 5.59. The predicted octanol–water partition coefficient (Wildman–Crippen LogP) is 5.56. The van der Waals surface area contributed by atoms with Gasteiger partial charge >= 0.3 is 5.97 Å². The molecule has 1 aromatic heterocycles. The Balaban J connectivity index is 2.19. The predicted molar refractivity (Wildman–Crippen MR) is 121 cm³/mol. The van der Waals surface area contributed by atoms with E-state index in [-0.39, 0.29) is 23.1 Å². The lowest BCUT2D eigenvalue weighted by molar-refractivity contribution is -0.156. The molecule has 1 saturated heterocycles. The molecular weight excluding hydrogens is 393 g/mol. The number of ether oxygens (including phenoxy) is 1. The van der Waals surface area contributed by atoms with Gasteiger partial charge < -0.3 is 9.84 Å². The Bertz CT molecular complexity index is 981. The van der Waals surface area contributed by atoms with E-state index in [2.05, 4.69) is 47.6 Å². The van der Waals surface area contributed by atoms with Gasteiger partial charge in [-0.15, -0.1) is 0 Å². The van der Waals surface area contributed by atoms with E-state index in [1.807, 2.05) is 12.2 Å². The third-order valence-electron chi connectivity index (χ3n) is 5.36. The van der Waals surface area contributed by atoms with E-state index in [1.165, 1.54) is 12.1 Å². The van der Waals surface area contributed by atoms with Gasteiger partial charge in [0.1, 0.15) is 11.9 Å². The van der Waals surface area contributed by atoms with E-state index < -0.39 is 18.2 Å². The molecule has 1 aliphatic heterocycles. The van der Waals surface area contributed by atoms with Crippen molar-refractivity contribution in [2.24, 2.45) is 0 Å². The standard InChI is InChI=1S/C26H32FNO3/c1-25(2,3)22-15-21(16-7-9-17(27)10-8-16)20(24(28-22)26(4,5)6)12-11-19-13-18(29)14-23(30)31-19/h7-12,15,18-19,29H,13-14H2,1-6H3/b12-11+/t18-,19-/m1/s1. The van der Waals surface area contributed by atoms with Gasteiger partial charge in [0.05, 0.1) is 18.2 Å². The maximum Gasteiger partial charge on any atom is 0.309 e. The fourth-order valence-corrected chi connectivity index (χ4v) is 3.68. The van der Waals surface area contributed by atoms with Gasteiger partial charge in [0, 0.05) is 28.5 Å². The molecule has 0 radical (unpaired) electrons. The van der Waals surface area contributed by atoms with E-state index in [9.17, 15) is 14.3 Å².